The molecule has 8 nitrogen and oxygen atoms in total. The molecule has 0 atom stereocenters. The fourth-order valence-electron chi connectivity index (χ4n) is 1.66. The molecule has 0 aliphatic carbocycles. The zero-order valence-corrected chi connectivity index (χ0v) is 13.6. The van der Waals surface area contributed by atoms with Gasteiger partial charge in [0.2, 0.25) is 16.0 Å². The van der Waals surface area contributed by atoms with Gasteiger partial charge >= 0.3 is 6.01 Å². The summed E-state index contributed by atoms with van der Waals surface area (Å²) in [6, 6.07) is 5.16. The third-order valence-electron chi connectivity index (χ3n) is 2.78. The SMILES string of the molecule is COc1nc(CNS(=O)(=O)c2ccccc2F)nc(N(C)C)n1. The van der Waals surface area contributed by atoms with Crippen LogP contribution in [0, 0.1) is 5.82 Å². The molecule has 0 unspecified atom stereocenters. The van der Waals surface area contributed by atoms with E-state index in [1.807, 2.05) is 0 Å². The van der Waals surface area contributed by atoms with Crippen LogP contribution in [-0.4, -0.2) is 44.6 Å². The predicted molar refractivity (Wildman–Crippen MR) is 81.1 cm³/mol. The normalized spacial score (nSPS) is 11.3. The van der Waals surface area contributed by atoms with Gasteiger partial charge in [-0.2, -0.15) is 15.0 Å². The molecule has 0 aliphatic heterocycles. The van der Waals surface area contributed by atoms with E-state index in [0.717, 1.165) is 6.07 Å². The summed E-state index contributed by atoms with van der Waals surface area (Å²) in [6.07, 6.45) is 0. The number of anilines is 1. The first-order valence-electron chi connectivity index (χ1n) is 6.54. The monoisotopic (exact) mass is 341 g/mol. The van der Waals surface area contributed by atoms with Gasteiger partial charge in [-0.05, 0) is 12.1 Å². The number of nitrogens with one attached hydrogen (secondary N) is 1. The summed E-state index contributed by atoms with van der Waals surface area (Å²) >= 11 is 0. The van der Waals surface area contributed by atoms with Crippen molar-refractivity contribution in [1.82, 2.24) is 19.7 Å². The smallest absolute Gasteiger partial charge is 0.321 e. The van der Waals surface area contributed by atoms with Gasteiger partial charge in [0.1, 0.15) is 10.7 Å². The third kappa shape index (κ3) is 4.11. The lowest BCUT2D eigenvalue weighted by atomic mass is 10.4. The van der Waals surface area contributed by atoms with Crippen molar-refractivity contribution in [2.75, 3.05) is 26.1 Å². The van der Waals surface area contributed by atoms with E-state index in [1.165, 1.54) is 25.3 Å². The van der Waals surface area contributed by atoms with Crippen LogP contribution < -0.4 is 14.4 Å². The molecule has 0 aliphatic rings. The first kappa shape index (κ1) is 17.0. The lowest BCUT2D eigenvalue weighted by Crippen LogP contribution is -2.26. The summed E-state index contributed by atoms with van der Waals surface area (Å²) in [5.74, 6) is -0.361. The molecule has 0 saturated carbocycles. The van der Waals surface area contributed by atoms with E-state index in [9.17, 15) is 12.8 Å². The van der Waals surface area contributed by atoms with Gasteiger partial charge in [0.25, 0.3) is 0 Å². The minimum absolute atomic E-state index is 0.0591. The van der Waals surface area contributed by atoms with Gasteiger partial charge in [0.05, 0.1) is 13.7 Å². The van der Waals surface area contributed by atoms with Crippen LogP contribution in [0.15, 0.2) is 29.2 Å². The summed E-state index contributed by atoms with van der Waals surface area (Å²) in [5, 5.41) is 0. The number of aromatic nitrogens is 3. The zero-order chi connectivity index (χ0) is 17.0. The van der Waals surface area contributed by atoms with Crippen LogP contribution in [-0.2, 0) is 16.6 Å². The summed E-state index contributed by atoms with van der Waals surface area (Å²) in [5.41, 5.74) is 0. The quantitative estimate of drug-likeness (QED) is 0.820. The maximum absolute atomic E-state index is 13.6. The minimum atomic E-state index is -4.02. The number of hydrogen-bond donors (Lipinski definition) is 1. The van der Waals surface area contributed by atoms with E-state index in [-0.39, 0.29) is 18.4 Å². The minimum Gasteiger partial charge on any atom is -0.467 e. The van der Waals surface area contributed by atoms with E-state index < -0.39 is 20.7 Å². The average molecular weight is 341 g/mol. The molecular formula is C13H16FN5O3S. The van der Waals surface area contributed by atoms with Crippen molar-refractivity contribution in [3.63, 3.8) is 0 Å². The van der Waals surface area contributed by atoms with Crippen LogP contribution in [0.2, 0.25) is 0 Å². The number of nitrogens with zero attached hydrogens (tertiary/aromatic N) is 4. The highest BCUT2D eigenvalue weighted by Crippen LogP contribution is 2.14. The molecule has 0 amide bonds. The van der Waals surface area contributed by atoms with E-state index in [1.54, 1.807) is 19.0 Å². The number of halogens is 1. The van der Waals surface area contributed by atoms with E-state index in [4.69, 9.17) is 4.74 Å². The summed E-state index contributed by atoms with van der Waals surface area (Å²) in [6.45, 7) is -0.226. The van der Waals surface area contributed by atoms with Crippen molar-refractivity contribution in [2.45, 2.75) is 11.4 Å². The van der Waals surface area contributed by atoms with Gasteiger partial charge in [0, 0.05) is 14.1 Å². The van der Waals surface area contributed by atoms with Crippen molar-refractivity contribution >= 4 is 16.0 Å². The van der Waals surface area contributed by atoms with Gasteiger partial charge < -0.3 is 9.64 Å². The van der Waals surface area contributed by atoms with Crippen molar-refractivity contribution < 1.29 is 17.5 Å². The largest absolute Gasteiger partial charge is 0.467 e. The number of sulfonamides is 1. The summed E-state index contributed by atoms with van der Waals surface area (Å²) in [7, 11) is 0.818. The second-order valence-electron chi connectivity index (χ2n) is 4.69. The molecule has 0 saturated heterocycles. The number of rotatable bonds is 6. The van der Waals surface area contributed by atoms with Gasteiger partial charge in [0.15, 0.2) is 5.82 Å². The first-order chi connectivity index (χ1) is 10.8. The highest BCUT2D eigenvalue weighted by atomic mass is 32.2. The molecule has 10 heteroatoms. The van der Waals surface area contributed by atoms with Gasteiger partial charge in [-0.15, -0.1) is 0 Å². The molecule has 124 valence electrons. The van der Waals surface area contributed by atoms with Crippen LogP contribution in [0.25, 0.3) is 0 Å². The molecule has 23 heavy (non-hydrogen) atoms. The zero-order valence-electron chi connectivity index (χ0n) is 12.8. The van der Waals surface area contributed by atoms with Crippen LogP contribution in [0.5, 0.6) is 6.01 Å². The lowest BCUT2D eigenvalue weighted by molar-refractivity contribution is 0.375. The van der Waals surface area contributed by atoms with E-state index in [0.29, 0.717) is 5.95 Å². The lowest BCUT2D eigenvalue weighted by Gasteiger charge is -2.12. The Morgan fingerprint density at radius 3 is 2.52 bits per heavy atom. The molecule has 0 spiro atoms. The molecule has 2 rings (SSSR count). The van der Waals surface area contributed by atoms with Crippen molar-refractivity contribution in [3.05, 3.63) is 35.9 Å². The predicted octanol–water partition coefficient (Wildman–Crippen LogP) is 0.564. The van der Waals surface area contributed by atoms with E-state index >= 15 is 0 Å². The van der Waals surface area contributed by atoms with Gasteiger partial charge in [-0.1, -0.05) is 12.1 Å². The highest BCUT2D eigenvalue weighted by molar-refractivity contribution is 7.89. The van der Waals surface area contributed by atoms with Crippen molar-refractivity contribution in [3.8, 4) is 6.01 Å². The maximum Gasteiger partial charge on any atom is 0.321 e. The molecular weight excluding hydrogens is 325 g/mol. The molecule has 0 bridgehead atoms. The fraction of sp³-hybridized carbons (Fsp3) is 0.308. The second-order valence-corrected chi connectivity index (χ2v) is 6.42. The number of methoxy groups -OCH3 is 1. The third-order valence-corrected chi connectivity index (χ3v) is 4.21. The maximum atomic E-state index is 13.6. The Kier molecular flexibility index (Phi) is 5.06. The Morgan fingerprint density at radius 1 is 1.22 bits per heavy atom. The molecule has 0 fully saturated rings. The Bertz CT molecular complexity index is 798. The average Bonchev–Trinajstić information content (AvgIpc) is 2.53. The van der Waals surface area contributed by atoms with Crippen LogP contribution >= 0.6 is 0 Å². The van der Waals surface area contributed by atoms with Crippen LogP contribution in [0.1, 0.15) is 5.82 Å². The topological polar surface area (TPSA) is 97.3 Å². The van der Waals surface area contributed by atoms with Crippen LogP contribution in [0.3, 0.4) is 0 Å². The first-order valence-corrected chi connectivity index (χ1v) is 8.02. The fourth-order valence-corrected chi connectivity index (χ4v) is 2.71. The van der Waals surface area contributed by atoms with Crippen molar-refractivity contribution in [1.29, 1.82) is 0 Å². The van der Waals surface area contributed by atoms with Gasteiger partial charge in [-0.25, -0.2) is 17.5 Å². The number of benzene rings is 1. The molecule has 2 aromatic rings. The van der Waals surface area contributed by atoms with Crippen molar-refractivity contribution in [2.24, 2.45) is 0 Å². The molecule has 1 N–H and O–H groups in total. The summed E-state index contributed by atoms with van der Waals surface area (Å²) < 4.78 is 45.1. The Labute approximate surface area is 133 Å². The Hall–Kier alpha value is -2.33. The molecule has 0 radical (unpaired) electrons. The Balaban J connectivity index is 2.23. The standard InChI is InChI=1S/C13H16FN5O3S/c1-19(2)12-16-11(17-13(18-12)22-3)8-15-23(20,21)10-7-5-4-6-9(10)14/h4-7,15H,8H2,1-3H3. The molecule has 1 aromatic heterocycles. The Morgan fingerprint density at radius 2 is 1.91 bits per heavy atom. The second kappa shape index (κ2) is 6.84. The highest BCUT2D eigenvalue weighted by Gasteiger charge is 2.19. The number of hydrogen-bond acceptors (Lipinski definition) is 7. The summed E-state index contributed by atoms with van der Waals surface area (Å²) in [4.78, 5) is 13.3. The molecule has 1 heterocycles. The number of ether oxygens (including phenoxy) is 1. The molecule has 1 aromatic carbocycles. The van der Waals surface area contributed by atoms with E-state index in [2.05, 4.69) is 19.7 Å². The van der Waals surface area contributed by atoms with Crippen LogP contribution in [0.4, 0.5) is 10.3 Å². The van der Waals surface area contributed by atoms with Gasteiger partial charge in [-0.3, -0.25) is 0 Å².